The average Bonchev–Trinajstić information content (AvgIpc) is 2.52. The van der Waals surface area contributed by atoms with Crippen LogP contribution in [0.2, 0.25) is 0 Å². The molecule has 0 unspecified atom stereocenters. The van der Waals surface area contributed by atoms with Crippen molar-refractivity contribution in [2.45, 2.75) is 6.54 Å². The van der Waals surface area contributed by atoms with Crippen molar-refractivity contribution < 1.29 is 9.53 Å². The zero-order valence-electron chi connectivity index (χ0n) is 12.6. The van der Waals surface area contributed by atoms with Gasteiger partial charge in [-0.25, -0.2) is 4.79 Å². The third kappa shape index (κ3) is 3.75. The van der Waals surface area contributed by atoms with Gasteiger partial charge in [-0.05, 0) is 29.8 Å². The van der Waals surface area contributed by atoms with Gasteiger partial charge in [-0.15, -0.1) is 0 Å². The van der Waals surface area contributed by atoms with Crippen molar-refractivity contribution in [2.75, 3.05) is 31.4 Å². The van der Waals surface area contributed by atoms with Crippen LogP contribution in [0, 0.1) is 0 Å². The summed E-state index contributed by atoms with van der Waals surface area (Å²) in [5.41, 5.74) is 3.65. The van der Waals surface area contributed by atoms with E-state index >= 15 is 0 Å². The summed E-state index contributed by atoms with van der Waals surface area (Å²) in [7, 11) is 5.41. The van der Waals surface area contributed by atoms with Gasteiger partial charge in [0.2, 0.25) is 0 Å². The second-order valence-corrected chi connectivity index (χ2v) is 4.95. The SMILES string of the molecule is COC(=O)c1ccccc1CNc1cccc(N(C)C)c1. The Morgan fingerprint density at radius 2 is 1.90 bits per heavy atom. The van der Waals surface area contributed by atoms with Gasteiger partial charge in [0.15, 0.2) is 0 Å². The largest absolute Gasteiger partial charge is 0.465 e. The van der Waals surface area contributed by atoms with E-state index in [4.69, 9.17) is 4.74 Å². The molecule has 4 nitrogen and oxygen atoms in total. The van der Waals surface area contributed by atoms with Crippen LogP contribution in [-0.4, -0.2) is 27.2 Å². The van der Waals surface area contributed by atoms with E-state index in [0.29, 0.717) is 12.1 Å². The topological polar surface area (TPSA) is 41.6 Å². The Balaban J connectivity index is 2.13. The fourth-order valence-corrected chi connectivity index (χ4v) is 2.07. The molecule has 0 bridgehead atoms. The van der Waals surface area contributed by atoms with E-state index < -0.39 is 0 Å². The molecule has 2 rings (SSSR count). The highest BCUT2D eigenvalue weighted by Crippen LogP contribution is 2.19. The smallest absolute Gasteiger partial charge is 0.338 e. The molecule has 2 aromatic carbocycles. The summed E-state index contributed by atoms with van der Waals surface area (Å²) in [5.74, 6) is -0.311. The molecule has 0 aromatic heterocycles. The molecule has 1 N–H and O–H groups in total. The first-order chi connectivity index (χ1) is 10.1. The zero-order chi connectivity index (χ0) is 15.2. The lowest BCUT2D eigenvalue weighted by Gasteiger charge is -2.15. The highest BCUT2D eigenvalue weighted by molar-refractivity contribution is 5.91. The highest BCUT2D eigenvalue weighted by Gasteiger charge is 2.10. The van der Waals surface area contributed by atoms with Gasteiger partial charge in [0.1, 0.15) is 0 Å². The number of methoxy groups -OCH3 is 1. The molecule has 0 aliphatic rings. The van der Waals surface area contributed by atoms with Crippen LogP contribution in [0.1, 0.15) is 15.9 Å². The number of carbonyl (C=O) groups excluding carboxylic acids is 1. The molecule has 2 aromatic rings. The van der Waals surface area contributed by atoms with Gasteiger partial charge in [-0.2, -0.15) is 0 Å². The van der Waals surface area contributed by atoms with Crippen molar-refractivity contribution in [2.24, 2.45) is 0 Å². The van der Waals surface area contributed by atoms with Crippen molar-refractivity contribution in [1.82, 2.24) is 0 Å². The Bertz CT molecular complexity index is 624. The monoisotopic (exact) mass is 284 g/mol. The van der Waals surface area contributed by atoms with Gasteiger partial charge >= 0.3 is 5.97 Å². The van der Waals surface area contributed by atoms with Crippen LogP contribution in [-0.2, 0) is 11.3 Å². The normalized spacial score (nSPS) is 10.0. The number of nitrogens with one attached hydrogen (secondary N) is 1. The quantitative estimate of drug-likeness (QED) is 0.856. The summed E-state index contributed by atoms with van der Waals surface area (Å²) in [6.45, 7) is 0.572. The van der Waals surface area contributed by atoms with Crippen molar-refractivity contribution in [3.05, 3.63) is 59.7 Å². The van der Waals surface area contributed by atoms with E-state index in [1.54, 1.807) is 6.07 Å². The number of hydrogen-bond acceptors (Lipinski definition) is 4. The van der Waals surface area contributed by atoms with Crippen molar-refractivity contribution in [3.63, 3.8) is 0 Å². The molecule has 0 aliphatic carbocycles. The standard InChI is InChI=1S/C17H20N2O2/c1-19(2)15-9-6-8-14(11-15)18-12-13-7-4-5-10-16(13)17(20)21-3/h4-11,18H,12H2,1-3H3. The Morgan fingerprint density at radius 1 is 1.14 bits per heavy atom. The third-order valence-electron chi connectivity index (χ3n) is 3.27. The van der Waals surface area contributed by atoms with E-state index in [9.17, 15) is 4.79 Å². The maximum atomic E-state index is 11.7. The maximum absolute atomic E-state index is 11.7. The van der Waals surface area contributed by atoms with Crippen LogP contribution in [0.25, 0.3) is 0 Å². The molecule has 0 heterocycles. The van der Waals surface area contributed by atoms with Gasteiger partial charge < -0.3 is 15.0 Å². The minimum absolute atomic E-state index is 0.311. The highest BCUT2D eigenvalue weighted by atomic mass is 16.5. The Labute approximate surface area is 125 Å². The zero-order valence-corrected chi connectivity index (χ0v) is 12.6. The average molecular weight is 284 g/mol. The predicted molar refractivity (Wildman–Crippen MR) is 85.9 cm³/mol. The molecule has 0 radical (unpaired) electrons. The summed E-state index contributed by atoms with van der Waals surface area (Å²) in [4.78, 5) is 13.8. The molecule has 21 heavy (non-hydrogen) atoms. The van der Waals surface area contributed by atoms with Crippen LogP contribution < -0.4 is 10.2 Å². The first kappa shape index (κ1) is 14.9. The Kier molecular flexibility index (Phi) is 4.82. The molecule has 0 saturated heterocycles. The number of esters is 1. The van der Waals surface area contributed by atoms with Gasteiger partial charge in [-0.3, -0.25) is 0 Å². The second kappa shape index (κ2) is 6.79. The number of nitrogens with zero attached hydrogens (tertiary/aromatic N) is 1. The Hall–Kier alpha value is -2.49. The molecule has 0 aliphatic heterocycles. The first-order valence-corrected chi connectivity index (χ1v) is 6.79. The fourth-order valence-electron chi connectivity index (χ4n) is 2.07. The number of carbonyl (C=O) groups is 1. The second-order valence-electron chi connectivity index (χ2n) is 4.95. The van der Waals surface area contributed by atoms with Crippen LogP contribution >= 0.6 is 0 Å². The van der Waals surface area contributed by atoms with Crippen LogP contribution in [0.5, 0.6) is 0 Å². The number of rotatable bonds is 5. The number of benzene rings is 2. The third-order valence-corrected chi connectivity index (χ3v) is 3.27. The fraction of sp³-hybridized carbons (Fsp3) is 0.235. The van der Waals surface area contributed by atoms with E-state index in [1.807, 2.05) is 55.4 Å². The van der Waals surface area contributed by atoms with E-state index in [0.717, 1.165) is 16.9 Å². The van der Waals surface area contributed by atoms with Gasteiger partial charge in [0.05, 0.1) is 12.7 Å². The molecule has 4 heteroatoms. The molecular weight excluding hydrogens is 264 g/mol. The van der Waals surface area contributed by atoms with E-state index in [1.165, 1.54) is 7.11 Å². The number of ether oxygens (including phenoxy) is 1. The van der Waals surface area contributed by atoms with Crippen LogP contribution in [0.15, 0.2) is 48.5 Å². The lowest BCUT2D eigenvalue weighted by atomic mass is 10.1. The predicted octanol–water partition coefficient (Wildman–Crippen LogP) is 3.15. The minimum Gasteiger partial charge on any atom is -0.465 e. The molecule has 110 valence electrons. The number of hydrogen-bond donors (Lipinski definition) is 1. The summed E-state index contributed by atoms with van der Waals surface area (Å²) >= 11 is 0. The molecular formula is C17H20N2O2. The Morgan fingerprint density at radius 3 is 2.62 bits per heavy atom. The molecule has 0 fully saturated rings. The number of anilines is 2. The molecule has 0 amide bonds. The van der Waals surface area contributed by atoms with Gasteiger partial charge in [0, 0.05) is 32.0 Å². The summed E-state index contributed by atoms with van der Waals surface area (Å²) in [6, 6.07) is 15.6. The lowest BCUT2D eigenvalue weighted by Crippen LogP contribution is -2.10. The summed E-state index contributed by atoms with van der Waals surface area (Å²) in [5, 5.41) is 3.34. The molecule has 0 saturated carbocycles. The van der Waals surface area contributed by atoms with Crippen molar-refractivity contribution >= 4 is 17.3 Å². The summed E-state index contributed by atoms with van der Waals surface area (Å²) in [6.07, 6.45) is 0. The van der Waals surface area contributed by atoms with Crippen molar-refractivity contribution in [1.29, 1.82) is 0 Å². The van der Waals surface area contributed by atoms with Gasteiger partial charge in [-0.1, -0.05) is 24.3 Å². The summed E-state index contributed by atoms with van der Waals surface area (Å²) < 4.78 is 4.81. The van der Waals surface area contributed by atoms with Crippen LogP contribution in [0.4, 0.5) is 11.4 Å². The van der Waals surface area contributed by atoms with E-state index in [2.05, 4.69) is 11.4 Å². The molecule has 0 spiro atoms. The van der Waals surface area contributed by atoms with E-state index in [-0.39, 0.29) is 5.97 Å². The first-order valence-electron chi connectivity index (χ1n) is 6.79. The van der Waals surface area contributed by atoms with Crippen molar-refractivity contribution in [3.8, 4) is 0 Å². The van der Waals surface area contributed by atoms with Crippen LogP contribution in [0.3, 0.4) is 0 Å². The minimum atomic E-state index is -0.311. The van der Waals surface area contributed by atoms with Gasteiger partial charge in [0.25, 0.3) is 0 Å². The molecule has 0 atom stereocenters. The lowest BCUT2D eigenvalue weighted by molar-refractivity contribution is 0.0599. The maximum Gasteiger partial charge on any atom is 0.338 e.